The molecule has 0 spiro atoms. The number of carbonyl (C=O) groups is 1. The van der Waals surface area contributed by atoms with Crippen molar-refractivity contribution in [2.75, 3.05) is 13.1 Å². The Balaban J connectivity index is 3.06. The standard InChI is InChI=1S/C6H13N3O/c1-5(7)8-3-4-9-6(2)10/h8H,1,3-4,7H2,2H3,(H,9,10). The highest BCUT2D eigenvalue weighted by Crippen LogP contribution is 1.65. The predicted molar refractivity (Wildman–Crippen MR) is 40.0 cm³/mol. The number of hydrogen-bond acceptors (Lipinski definition) is 3. The van der Waals surface area contributed by atoms with Crippen LogP contribution in [0.1, 0.15) is 6.92 Å². The maximum absolute atomic E-state index is 10.3. The summed E-state index contributed by atoms with van der Waals surface area (Å²) in [6, 6.07) is 0. The van der Waals surface area contributed by atoms with Gasteiger partial charge in [-0.3, -0.25) is 4.79 Å². The average Bonchev–Trinajstić information content (AvgIpc) is 1.79. The number of nitrogens with two attached hydrogens (primary N) is 1. The van der Waals surface area contributed by atoms with Crippen molar-refractivity contribution in [3.05, 3.63) is 12.4 Å². The Morgan fingerprint density at radius 3 is 2.40 bits per heavy atom. The molecule has 0 aliphatic heterocycles. The summed E-state index contributed by atoms with van der Waals surface area (Å²) in [5.41, 5.74) is 5.19. The first-order valence-corrected chi connectivity index (χ1v) is 3.05. The molecule has 10 heavy (non-hydrogen) atoms. The lowest BCUT2D eigenvalue weighted by Crippen LogP contribution is -2.31. The molecule has 4 N–H and O–H groups in total. The van der Waals surface area contributed by atoms with Gasteiger partial charge in [-0.2, -0.15) is 0 Å². The Labute approximate surface area is 60.5 Å². The van der Waals surface area contributed by atoms with E-state index in [1.165, 1.54) is 6.92 Å². The molecule has 0 heterocycles. The van der Waals surface area contributed by atoms with E-state index in [0.29, 0.717) is 18.9 Å². The lowest BCUT2D eigenvalue weighted by Gasteiger charge is -2.04. The molecule has 1 amide bonds. The zero-order chi connectivity index (χ0) is 7.98. The summed E-state index contributed by atoms with van der Waals surface area (Å²) >= 11 is 0. The van der Waals surface area contributed by atoms with Crippen molar-refractivity contribution in [3.8, 4) is 0 Å². The highest BCUT2D eigenvalue weighted by molar-refractivity contribution is 5.72. The van der Waals surface area contributed by atoms with E-state index >= 15 is 0 Å². The van der Waals surface area contributed by atoms with Gasteiger partial charge in [0.05, 0.1) is 5.82 Å². The third kappa shape index (κ3) is 6.81. The van der Waals surface area contributed by atoms with Gasteiger partial charge in [-0.15, -0.1) is 0 Å². The van der Waals surface area contributed by atoms with Crippen LogP contribution in [-0.2, 0) is 4.79 Å². The van der Waals surface area contributed by atoms with Gasteiger partial charge in [-0.25, -0.2) is 0 Å². The summed E-state index contributed by atoms with van der Waals surface area (Å²) in [4.78, 5) is 10.3. The van der Waals surface area contributed by atoms with E-state index in [9.17, 15) is 4.79 Å². The summed E-state index contributed by atoms with van der Waals surface area (Å²) < 4.78 is 0. The topological polar surface area (TPSA) is 67.2 Å². The molecule has 0 fully saturated rings. The molecule has 0 aliphatic carbocycles. The minimum absolute atomic E-state index is 0.0376. The van der Waals surface area contributed by atoms with Crippen molar-refractivity contribution in [1.29, 1.82) is 0 Å². The molecule has 0 radical (unpaired) electrons. The van der Waals surface area contributed by atoms with Crippen LogP contribution in [0.2, 0.25) is 0 Å². The van der Waals surface area contributed by atoms with Gasteiger partial charge in [0, 0.05) is 20.0 Å². The fourth-order valence-corrected chi connectivity index (χ4v) is 0.462. The van der Waals surface area contributed by atoms with Gasteiger partial charge >= 0.3 is 0 Å². The van der Waals surface area contributed by atoms with E-state index in [1.807, 2.05) is 0 Å². The van der Waals surface area contributed by atoms with E-state index < -0.39 is 0 Å². The van der Waals surface area contributed by atoms with E-state index in [4.69, 9.17) is 5.73 Å². The molecule has 58 valence electrons. The third-order valence-corrected chi connectivity index (χ3v) is 0.851. The predicted octanol–water partition coefficient (Wildman–Crippen LogP) is -0.858. The molecule has 0 aliphatic rings. The van der Waals surface area contributed by atoms with Crippen molar-refractivity contribution in [3.63, 3.8) is 0 Å². The van der Waals surface area contributed by atoms with Gasteiger partial charge in [0.15, 0.2) is 0 Å². The van der Waals surface area contributed by atoms with Gasteiger partial charge in [-0.1, -0.05) is 6.58 Å². The van der Waals surface area contributed by atoms with Gasteiger partial charge in [0.2, 0.25) is 5.91 Å². The smallest absolute Gasteiger partial charge is 0.216 e. The molecule has 0 atom stereocenters. The largest absolute Gasteiger partial charge is 0.386 e. The Morgan fingerprint density at radius 2 is 2.00 bits per heavy atom. The highest BCUT2D eigenvalue weighted by atomic mass is 16.1. The monoisotopic (exact) mass is 143 g/mol. The zero-order valence-electron chi connectivity index (χ0n) is 6.11. The van der Waals surface area contributed by atoms with Crippen LogP contribution in [0.3, 0.4) is 0 Å². The van der Waals surface area contributed by atoms with Crippen molar-refractivity contribution in [2.24, 2.45) is 5.73 Å². The Hall–Kier alpha value is -1.19. The maximum atomic E-state index is 10.3. The van der Waals surface area contributed by atoms with Crippen LogP contribution >= 0.6 is 0 Å². The second-order valence-electron chi connectivity index (χ2n) is 1.93. The molecule has 0 saturated carbocycles. The summed E-state index contributed by atoms with van der Waals surface area (Å²) in [6.07, 6.45) is 0. The molecule has 4 nitrogen and oxygen atoms in total. The zero-order valence-corrected chi connectivity index (χ0v) is 6.11. The lowest BCUT2D eigenvalue weighted by molar-refractivity contribution is -0.118. The SMILES string of the molecule is C=C(N)NCCNC(C)=O. The number of carbonyl (C=O) groups excluding carboxylic acids is 1. The fraction of sp³-hybridized carbons (Fsp3) is 0.500. The summed E-state index contributed by atoms with van der Waals surface area (Å²) in [7, 11) is 0. The number of nitrogens with one attached hydrogen (secondary N) is 2. The molecule has 0 aromatic carbocycles. The molecule has 0 saturated heterocycles. The second-order valence-corrected chi connectivity index (χ2v) is 1.93. The van der Waals surface area contributed by atoms with E-state index in [0.717, 1.165) is 0 Å². The van der Waals surface area contributed by atoms with Crippen molar-refractivity contribution in [2.45, 2.75) is 6.92 Å². The van der Waals surface area contributed by atoms with Gasteiger partial charge < -0.3 is 16.4 Å². The molecule has 0 aromatic heterocycles. The summed E-state index contributed by atoms with van der Waals surface area (Å²) in [6.45, 7) is 6.09. The van der Waals surface area contributed by atoms with Crippen molar-refractivity contribution >= 4 is 5.91 Å². The Bertz CT molecular complexity index is 117. The van der Waals surface area contributed by atoms with E-state index in [2.05, 4.69) is 17.2 Å². The van der Waals surface area contributed by atoms with Crippen LogP contribution in [0, 0.1) is 0 Å². The molecule has 0 rings (SSSR count). The highest BCUT2D eigenvalue weighted by Gasteiger charge is 1.88. The lowest BCUT2D eigenvalue weighted by atomic mass is 10.5. The van der Waals surface area contributed by atoms with Crippen molar-refractivity contribution in [1.82, 2.24) is 10.6 Å². The minimum Gasteiger partial charge on any atom is -0.386 e. The van der Waals surface area contributed by atoms with Gasteiger partial charge in [-0.05, 0) is 0 Å². The molecule has 0 unspecified atom stereocenters. The molecular weight excluding hydrogens is 130 g/mol. The average molecular weight is 143 g/mol. The third-order valence-electron chi connectivity index (χ3n) is 0.851. The minimum atomic E-state index is -0.0376. The molecule has 0 aromatic rings. The normalized spacial score (nSPS) is 8.50. The first-order chi connectivity index (χ1) is 4.63. The fourth-order valence-electron chi connectivity index (χ4n) is 0.462. The first kappa shape index (κ1) is 8.81. The van der Waals surface area contributed by atoms with Crippen molar-refractivity contribution < 1.29 is 4.79 Å². The summed E-state index contributed by atoms with van der Waals surface area (Å²) in [5, 5.41) is 5.37. The van der Waals surface area contributed by atoms with E-state index in [-0.39, 0.29) is 5.91 Å². The second kappa shape index (κ2) is 4.67. The number of hydrogen-bond donors (Lipinski definition) is 3. The van der Waals surface area contributed by atoms with Gasteiger partial charge in [0.1, 0.15) is 0 Å². The quantitative estimate of drug-likeness (QED) is 0.449. The van der Waals surface area contributed by atoms with Crippen LogP contribution in [0.25, 0.3) is 0 Å². The first-order valence-electron chi connectivity index (χ1n) is 3.05. The Morgan fingerprint density at radius 1 is 1.50 bits per heavy atom. The number of rotatable bonds is 4. The number of amides is 1. The van der Waals surface area contributed by atoms with Gasteiger partial charge in [0.25, 0.3) is 0 Å². The van der Waals surface area contributed by atoms with Crippen LogP contribution in [-0.4, -0.2) is 19.0 Å². The Kier molecular flexibility index (Phi) is 4.11. The molecule has 4 heteroatoms. The summed E-state index contributed by atoms with van der Waals surface area (Å²) in [5.74, 6) is 0.384. The van der Waals surface area contributed by atoms with E-state index in [1.54, 1.807) is 0 Å². The molecule has 0 bridgehead atoms. The maximum Gasteiger partial charge on any atom is 0.216 e. The molecular formula is C6H13N3O. The van der Waals surface area contributed by atoms with Crippen LogP contribution in [0.15, 0.2) is 12.4 Å². The van der Waals surface area contributed by atoms with Crippen LogP contribution in [0.5, 0.6) is 0 Å². The van der Waals surface area contributed by atoms with Crippen LogP contribution < -0.4 is 16.4 Å². The van der Waals surface area contributed by atoms with Crippen LogP contribution in [0.4, 0.5) is 0 Å².